The number of hydrogen-bond donors (Lipinski definition) is 2. The van der Waals surface area contributed by atoms with E-state index in [1.165, 1.54) is 6.26 Å². The van der Waals surface area contributed by atoms with Crippen LogP contribution in [0, 0.1) is 0 Å². The maximum absolute atomic E-state index is 12.3. The number of benzene rings is 1. The highest BCUT2D eigenvalue weighted by Crippen LogP contribution is 2.14. The second kappa shape index (κ2) is 7.44. The number of nitrogens with zero attached hydrogens (tertiary/aromatic N) is 1. The first-order valence-electron chi connectivity index (χ1n) is 7.80. The topological polar surface area (TPSA) is 84.2 Å². The molecule has 0 aliphatic rings. The first kappa shape index (κ1) is 16.4. The lowest BCUT2D eigenvalue weighted by Crippen LogP contribution is -2.27. The van der Waals surface area contributed by atoms with Gasteiger partial charge in [0, 0.05) is 17.4 Å². The third-order valence-electron chi connectivity index (χ3n) is 3.63. The van der Waals surface area contributed by atoms with Crippen LogP contribution in [0.5, 0.6) is 0 Å². The van der Waals surface area contributed by atoms with Crippen LogP contribution in [0.3, 0.4) is 0 Å². The minimum absolute atomic E-state index is 0.202. The van der Waals surface area contributed by atoms with Crippen LogP contribution < -0.4 is 10.6 Å². The Hall–Kier alpha value is -3.41. The maximum atomic E-state index is 12.3. The summed E-state index contributed by atoms with van der Waals surface area (Å²) in [5.41, 5.74) is 1.87. The van der Waals surface area contributed by atoms with Crippen LogP contribution in [0.15, 0.2) is 71.5 Å². The third kappa shape index (κ3) is 4.11. The summed E-state index contributed by atoms with van der Waals surface area (Å²) in [7, 11) is 0. The summed E-state index contributed by atoms with van der Waals surface area (Å²) in [6.07, 6.45) is 3.12. The summed E-state index contributed by atoms with van der Waals surface area (Å²) < 4.78 is 5.03. The minimum atomic E-state index is -0.342. The van der Waals surface area contributed by atoms with Gasteiger partial charge in [0.2, 0.25) is 0 Å². The summed E-state index contributed by atoms with van der Waals surface area (Å²) in [5.74, 6) is -0.320. The Morgan fingerprint density at radius 1 is 1.00 bits per heavy atom. The second-order valence-electron chi connectivity index (χ2n) is 5.46. The number of anilines is 1. The molecule has 0 bridgehead atoms. The van der Waals surface area contributed by atoms with E-state index in [4.69, 9.17) is 4.42 Å². The van der Waals surface area contributed by atoms with Crippen molar-refractivity contribution < 1.29 is 14.0 Å². The van der Waals surface area contributed by atoms with Crippen LogP contribution in [0.1, 0.15) is 39.6 Å². The van der Waals surface area contributed by atoms with E-state index >= 15 is 0 Å². The van der Waals surface area contributed by atoms with Crippen molar-refractivity contribution in [1.29, 1.82) is 0 Å². The molecule has 25 heavy (non-hydrogen) atoms. The molecular weight excluding hydrogens is 318 g/mol. The highest BCUT2D eigenvalue weighted by atomic mass is 16.3. The lowest BCUT2D eigenvalue weighted by Gasteiger charge is -2.13. The third-order valence-corrected chi connectivity index (χ3v) is 3.63. The number of furan rings is 1. The highest BCUT2D eigenvalue weighted by molar-refractivity contribution is 6.02. The Kier molecular flexibility index (Phi) is 4.89. The summed E-state index contributed by atoms with van der Waals surface area (Å²) in [5, 5.41) is 5.59. The van der Waals surface area contributed by atoms with Crippen molar-refractivity contribution in [2.24, 2.45) is 0 Å². The van der Waals surface area contributed by atoms with Crippen molar-refractivity contribution in [3.8, 4) is 0 Å². The molecule has 1 unspecified atom stereocenters. The number of pyridine rings is 1. The van der Waals surface area contributed by atoms with Crippen molar-refractivity contribution in [3.63, 3.8) is 0 Å². The smallest absolute Gasteiger partial charge is 0.291 e. The quantitative estimate of drug-likeness (QED) is 0.748. The molecule has 0 spiro atoms. The van der Waals surface area contributed by atoms with Gasteiger partial charge >= 0.3 is 0 Å². The zero-order valence-corrected chi connectivity index (χ0v) is 13.6. The van der Waals surface area contributed by atoms with Gasteiger partial charge in [-0.25, -0.2) is 0 Å². The zero-order valence-electron chi connectivity index (χ0n) is 13.6. The predicted molar refractivity (Wildman–Crippen MR) is 93.2 cm³/mol. The molecular formula is C19H17N3O3. The fourth-order valence-corrected chi connectivity index (χ4v) is 2.29. The number of aromatic nitrogens is 1. The number of carbonyl (C=O) groups is 2. The van der Waals surface area contributed by atoms with E-state index in [2.05, 4.69) is 15.6 Å². The first-order valence-corrected chi connectivity index (χ1v) is 7.80. The fraction of sp³-hybridized carbons (Fsp3) is 0.105. The van der Waals surface area contributed by atoms with E-state index < -0.39 is 0 Å². The summed E-state index contributed by atoms with van der Waals surface area (Å²) in [6.45, 7) is 1.87. The van der Waals surface area contributed by atoms with Crippen LogP contribution in [0.4, 0.5) is 5.69 Å². The molecule has 0 fully saturated rings. The van der Waals surface area contributed by atoms with Crippen LogP contribution in [0.25, 0.3) is 0 Å². The lowest BCUT2D eigenvalue weighted by molar-refractivity contribution is 0.0938. The van der Waals surface area contributed by atoms with Gasteiger partial charge in [-0.05, 0) is 55.5 Å². The molecule has 3 aromatic rings. The van der Waals surface area contributed by atoms with Crippen LogP contribution in [-0.4, -0.2) is 16.8 Å². The van der Waals surface area contributed by atoms with E-state index in [0.29, 0.717) is 11.3 Å². The van der Waals surface area contributed by atoms with E-state index in [-0.39, 0.29) is 23.6 Å². The number of nitrogens with one attached hydrogen (secondary N) is 2. The Morgan fingerprint density at radius 3 is 2.44 bits per heavy atom. The number of hydrogen-bond acceptors (Lipinski definition) is 4. The zero-order chi connectivity index (χ0) is 17.6. The average Bonchev–Trinajstić information content (AvgIpc) is 3.18. The van der Waals surface area contributed by atoms with Gasteiger partial charge in [0.15, 0.2) is 5.76 Å². The Morgan fingerprint density at radius 2 is 1.80 bits per heavy atom. The molecule has 6 nitrogen and oxygen atoms in total. The molecule has 1 atom stereocenters. The normalized spacial score (nSPS) is 11.6. The van der Waals surface area contributed by atoms with Crippen LogP contribution in [0.2, 0.25) is 0 Å². The van der Waals surface area contributed by atoms with Gasteiger partial charge in [-0.15, -0.1) is 0 Å². The van der Waals surface area contributed by atoms with Gasteiger partial charge in [-0.2, -0.15) is 0 Å². The van der Waals surface area contributed by atoms with Gasteiger partial charge in [0.1, 0.15) is 0 Å². The molecule has 0 saturated carbocycles. The van der Waals surface area contributed by atoms with Crippen molar-refractivity contribution >= 4 is 17.5 Å². The largest absolute Gasteiger partial charge is 0.459 e. The Balaban J connectivity index is 1.61. The number of carbonyl (C=O) groups excluding carboxylic acids is 2. The molecule has 2 heterocycles. The van der Waals surface area contributed by atoms with Crippen molar-refractivity contribution in [1.82, 2.24) is 10.3 Å². The summed E-state index contributed by atoms with van der Waals surface area (Å²) in [4.78, 5) is 28.4. The molecule has 2 N–H and O–H groups in total. The first-order chi connectivity index (χ1) is 12.1. The highest BCUT2D eigenvalue weighted by Gasteiger charge is 2.13. The molecule has 0 radical (unpaired) electrons. The molecule has 126 valence electrons. The van der Waals surface area contributed by atoms with Crippen molar-refractivity contribution in [2.45, 2.75) is 13.0 Å². The molecule has 2 aromatic heterocycles. The molecule has 0 aliphatic carbocycles. The van der Waals surface area contributed by atoms with Gasteiger partial charge in [0.25, 0.3) is 11.8 Å². The number of rotatable bonds is 5. The molecule has 2 amide bonds. The fourth-order valence-electron chi connectivity index (χ4n) is 2.29. The van der Waals surface area contributed by atoms with Crippen LogP contribution >= 0.6 is 0 Å². The van der Waals surface area contributed by atoms with E-state index in [1.54, 1.807) is 42.6 Å². The van der Waals surface area contributed by atoms with Crippen LogP contribution in [-0.2, 0) is 0 Å². The lowest BCUT2D eigenvalue weighted by atomic mass is 10.1. The van der Waals surface area contributed by atoms with E-state index in [9.17, 15) is 9.59 Å². The Bertz CT molecular complexity index is 843. The van der Waals surface area contributed by atoms with Crippen molar-refractivity contribution in [3.05, 3.63) is 84.1 Å². The summed E-state index contributed by atoms with van der Waals surface area (Å²) in [6, 6.07) is 15.2. The standard InChI is InChI=1S/C19H17N3O3/c1-13(16-5-2-3-11-20-16)21-18(23)14-7-9-15(10-8-14)22-19(24)17-6-4-12-25-17/h2-13H,1H3,(H,21,23)(H,22,24). The molecule has 6 heteroatoms. The maximum Gasteiger partial charge on any atom is 0.291 e. The van der Waals surface area contributed by atoms with E-state index in [1.807, 2.05) is 25.1 Å². The monoisotopic (exact) mass is 335 g/mol. The molecule has 1 aromatic carbocycles. The van der Waals surface area contributed by atoms with Crippen molar-refractivity contribution in [2.75, 3.05) is 5.32 Å². The Labute approximate surface area is 144 Å². The SMILES string of the molecule is CC(NC(=O)c1ccc(NC(=O)c2ccco2)cc1)c1ccccn1. The summed E-state index contributed by atoms with van der Waals surface area (Å²) >= 11 is 0. The molecule has 3 rings (SSSR count). The molecule has 0 saturated heterocycles. The average molecular weight is 335 g/mol. The minimum Gasteiger partial charge on any atom is -0.459 e. The van der Waals surface area contributed by atoms with E-state index in [0.717, 1.165) is 5.69 Å². The number of amides is 2. The van der Waals surface area contributed by atoms with Gasteiger partial charge in [0.05, 0.1) is 18.0 Å². The predicted octanol–water partition coefficient (Wildman–Crippen LogP) is 3.42. The molecule has 0 aliphatic heterocycles. The van der Waals surface area contributed by atoms with Gasteiger partial charge < -0.3 is 15.1 Å². The second-order valence-corrected chi connectivity index (χ2v) is 5.46. The van der Waals surface area contributed by atoms with Gasteiger partial charge in [-0.3, -0.25) is 14.6 Å². The van der Waals surface area contributed by atoms with Gasteiger partial charge in [-0.1, -0.05) is 6.07 Å².